The average Bonchev–Trinajstić information content (AvgIpc) is 3.21. The molecule has 0 spiro atoms. The first-order valence-electron chi connectivity index (χ1n) is 12.1. The number of hydrogen-bond donors (Lipinski definition) is 2. The quantitative estimate of drug-likeness (QED) is 0.417. The summed E-state index contributed by atoms with van der Waals surface area (Å²) in [5.41, 5.74) is -0.938. The van der Waals surface area contributed by atoms with Gasteiger partial charge in [0.05, 0.1) is 12.2 Å². The normalized spacial score (nSPS) is 28.2. The Hall–Kier alpha value is -2.27. The summed E-state index contributed by atoms with van der Waals surface area (Å²) in [7, 11) is -4.12. The molecular weight excluding hydrogens is 532 g/mol. The molecule has 4 atom stereocenters. The highest BCUT2D eigenvalue weighted by Crippen LogP contribution is 2.59. The van der Waals surface area contributed by atoms with Crippen LogP contribution < -0.4 is 4.72 Å². The maximum Gasteiger partial charge on any atom is 0.325 e. The van der Waals surface area contributed by atoms with Gasteiger partial charge in [0.2, 0.25) is 0 Å². The summed E-state index contributed by atoms with van der Waals surface area (Å²) in [5.74, 6) is -1.18. The molecule has 10 heteroatoms. The number of hydrogen-bond acceptors (Lipinski definition) is 6. The van der Waals surface area contributed by atoms with E-state index in [0.717, 1.165) is 27.3 Å². The van der Waals surface area contributed by atoms with Crippen LogP contribution in [0.5, 0.6) is 0 Å². The highest BCUT2D eigenvalue weighted by atomic mass is 35.5. The van der Waals surface area contributed by atoms with Gasteiger partial charge in [-0.2, -0.15) is 4.72 Å². The van der Waals surface area contributed by atoms with Gasteiger partial charge >= 0.3 is 5.97 Å². The first-order valence-corrected chi connectivity index (χ1v) is 14.8. The van der Waals surface area contributed by atoms with Crippen molar-refractivity contribution in [2.24, 2.45) is 0 Å². The van der Waals surface area contributed by atoms with E-state index >= 15 is 0 Å². The van der Waals surface area contributed by atoms with Crippen LogP contribution in [0.2, 0.25) is 5.02 Å². The summed E-state index contributed by atoms with van der Waals surface area (Å²) in [4.78, 5) is 15.8. The SMILES string of the molecule is C[C@@H]1CN(C[C@@]2(c3ccccc3)C[C@]2(NS(=O)(=O)c2ccc(-c3ccc(Cl)cc3)s2)C(=O)O)C[C@H](C)O1. The average molecular weight is 561 g/mol. The Morgan fingerprint density at radius 3 is 2.35 bits per heavy atom. The minimum atomic E-state index is -4.12. The van der Waals surface area contributed by atoms with Gasteiger partial charge in [0.15, 0.2) is 0 Å². The van der Waals surface area contributed by atoms with E-state index in [1.54, 1.807) is 18.2 Å². The second kappa shape index (κ2) is 9.80. The first-order chi connectivity index (χ1) is 17.5. The van der Waals surface area contributed by atoms with E-state index in [4.69, 9.17) is 16.3 Å². The molecule has 1 aromatic heterocycles. The maximum absolute atomic E-state index is 13.6. The fraction of sp³-hybridized carbons (Fsp3) is 0.370. The second-order valence-corrected chi connectivity index (χ2v) is 13.4. The molecule has 0 bridgehead atoms. The zero-order chi connectivity index (χ0) is 26.4. The zero-order valence-corrected chi connectivity index (χ0v) is 22.9. The van der Waals surface area contributed by atoms with Crippen LogP contribution in [0, 0.1) is 0 Å². The van der Waals surface area contributed by atoms with Gasteiger partial charge in [-0.3, -0.25) is 9.69 Å². The Morgan fingerprint density at radius 1 is 1.08 bits per heavy atom. The summed E-state index contributed by atoms with van der Waals surface area (Å²) < 4.78 is 35.7. The van der Waals surface area contributed by atoms with E-state index in [0.29, 0.717) is 24.7 Å². The van der Waals surface area contributed by atoms with Crippen LogP contribution >= 0.6 is 22.9 Å². The Morgan fingerprint density at radius 2 is 1.73 bits per heavy atom. The van der Waals surface area contributed by atoms with Gasteiger partial charge in [0.25, 0.3) is 10.0 Å². The number of benzene rings is 2. The molecule has 196 valence electrons. The molecule has 2 fully saturated rings. The molecule has 2 aliphatic rings. The van der Waals surface area contributed by atoms with E-state index < -0.39 is 26.9 Å². The number of carbonyl (C=O) groups is 1. The predicted octanol–water partition coefficient (Wildman–Crippen LogP) is 4.62. The molecule has 37 heavy (non-hydrogen) atoms. The number of halogens is 1. The van der Waals surface area contributed by atoms with Gasteiger partial charge in [0, 0.05) is 34.9 Å². The van der Waals surface area contributed by atoms with Gasteiger partial charge in [-0.05, 0) is 55.7 Å². The van der Waals surface area contributed by atoms with E-state index in [-0.39, 0.29) is 22.8 Å². The summed E-state index contributed by atoms with van der Waals surface area (Å²) >= 11 is 7.08. The molecule has 5 rings (SSSR count). The van der Waals surface area contributed by atoms with Crippen LogP contribution in [-0.2, 0) is 25.0 Å². The largest absolute Gasteiger partial charge is 0.480 e. The number of sulfonamides is 1. The molecule has 3 aromatic rings. The van der Waals surface area contributed by atoms with Gasteiger partial charge in [0.1, 0.15) is 9.75 Å². The predicted molar refractivity (Wildman–Crippen MR) is 145 cm³/mol. The van der Waals surface area contributed by atoms with Crippen molar-refractivity contribution < 1.29 is 23.1 Å². The molecule has 2 heterocycles. The van der Waals surface area contributed by atoms with Crippen molar-refractivity contribution >= 4 is 38.9 Å². The Labute approximate surface area is 226 Å². The molecule has 7 nitrogen and oxygen atoms in total. The molecule has 1 saturated carbocycles. The number of rotatable bonds is 8. The van der Waals surface area contributed by atoms with Gasteiger partial charge in [-0.25, -0.2) is 8.42 Å². The number of carboxylic acid groups (broad SMARTS) is 1. The number of ether oxygens (including phenoxy) is 1. The molecule has 0 amide bonds. The third-order valence-corrected chi connectivity index (χ3v) is 10.6. The van der Waals surface area contributed by atoms with Crippen LogP contribution in [0.4, 0.5) is 0 Å². The van der Waals surface area contributed by atoms with Crippen LogP contribution in [0.25, 0.3) is 10.4 Å². The number of aliphatic carboxylic acids is 1. The first kappa shape index (κ1) is 26.3. The highest BCUT2D eigenvalue weighted by Gasteiger charge is 2.75. The molecule has 1 saturated heterocycles. The molecular formula is C27H29ClN2O5S2. The van der Waals surface area contributed by atoms with Crippen molar-refractivity contribution in [2.45, 2.75) is 47.6 Å². The van der Waals surface area contributed by atoms with Crippen molar-refractivity contribution in [1.29, 1.82) is 0 Å². The lowest BCUT2D eigenvalue weighted by atomic mass is 9.89. The van der Waals surface area contributed by atoms with Gasteiger partial charge in [-0.15, -0.1) is 11.3 Å². The van der Waals surface area contributed by atoms with Crippen molar-refractivity contribution in [3.63, 3.8) is 0 Å². The second-order valence-electron chi connectivity index (χ2n) is 10.0. The summed E-state index contributed by atoms with van der Waals surface area (Å²) in [5, 5.41) is 11.1. The Kier molecular flexibility index (Phi) is 6.97. The Bertz CT molecular complexity index is 1390. The summed E-state index contributed by atoms with van der Waals surface area (Å²) in [6.45, 7) is 5.69. The smallest absolute Gasteiger partial charge is 0.325 e. The third kappa shape index (κ3) is 4.96. The third-order valence-electron chi connectivity index (χ3n) is 7.22. The minimum absolute atomic E-state index is 0.00338. The topological polar surface area (TPSA) is 95.9 Å². The zero-order valence-electron chi connectivity index (χ0n) is 20.6. The van der Waals surface area contributed by atoms with Crippen LogP contribution in [-0.4, -0.2) is 61.8 Å². The number of carboxylic acids is 1. The van der Waals surface area contributed by atoms with Gasteiger partial charge in [-0.1, -0.05) is 54.1 Å². The molecule has 2 aromatic carbocycles. The number of thiophene rings is 1. The lowest BCUT2D eigenvalue weighted by molar-refractivity contribution is -0.141. The fourth-order valence-corrected chi connectivity index (χ4v) is 8.43. The summed E-state index contributed by atoms with van der Waals surface area (Å²) in [6, 6.07) is 19.7. The van der Waals surface area contributed by atoms with E-state index in [9.17, 15) is 18.3 Å². The number of nitrogens with zero attached hydrogens (tertiary/aromatic N) is 1. The number of morpholine rings is 1. The summed E-state index contributed by atoms with van der Waals surface area (Å²) in [6.07, 6.45) is 0.168. The highest BCUT2D eigenvalue weighted by molar-refractivity contribution is 7.91. The fourth-order valence-electron chi connectivity index (χ4n) is 5.56. The van der Waals surface area contributed by atoms with Gasteiger partial charge < -0.3 is 9.84 Å². The van der Waals surface area contributed by atoms with E-state index in [1.165, 1.54) is 6.07 Å². The molecule has 0 unspecified atom stereocenters. The Balaban J connectivity index is 1.48. The van der Waals surface area contributed by atoms with Crippen LogP contribution in [0.3, 0.4) is 0 Å². The maximum atomic E-state index is 13.6. The minimum Gasteiger partial charge on any atom is -0.480 e. The van der Waals surface area contributed by atoms with E-state index in [2.05, 4.69) is 9.62 Å². The van der Waals surface area contributed by atoms with Crippen LogP contribution in [0.15, 0.2) is 70.9 Å². The van der Waals surface area contributed by atoms with Crippen molar-refractivity contribution in [3.05, 3.63) is 77.3 Å². The van der Waals surface area contributed by atoms with Crippen molar-refractivity contribution in [1.82, 2.24) is 9.62 Å². The lowest BCUT2D eigenvalue weighted by Crippen LogP contribution is -2.54. The van der Waals surface area contributed by atoms with E-state index in [1.807, 2.05) is 56.3 Å². The monoisotopic (exact) mass is 560 g/mol. The van der Waals surface area contributed by atoms with Crippen molar-refractivity contribution in [2.75, 3.05) is 19.6 Å². The van der Waals surface area contributed by atoms with Crippen LogP contribution in [0.1, 0.15) is 25.8 Å². The molecule has 1 aliphatic heterocycles. The lowest BCUT2D eigenvalue weighted by Gasteiger charge is -2.38. The number of nitrogens with one attached hydrogen (secondary N) is 1. The van der Waals surface area contributed by atoms with Crippen molar-refractivity contribution in [3.8, 4) is 10.4 Å². The standard InChI is InChI=1S/C27H29ClN2O5S2/c1-18-14-30(15-19(2)35-18)17-26(21-6-4-3-5-7-21)16-27(26,25(31)32)29-37(33,34)24-13-12-23(36-24)20-8-10-22(28)11-9-20/h3-13,18-19,29H,14-17H2,1-2H3,(H,31,32)/t18-,19+,26-,27+/m1/s1. The molecule has 2 N–H and O–H groups in total. The molecule has 0 radical (unpaired) electrons. The molecule has 1 aliphatic carbocycles.